The molecule has 0 radical (unpaired) electrons. The Balaban J connectivity index is 1.95. The molecule has 0 unspecified atom stereocenters. The van der Waals surface area contributed by atoms with E-state index < -0.39 is 0 Å². The lowest BCUT2D eigenvalue weighted by molar-refractivity contribution is -0.137. The molecule has 0 spiro atoms. The van der Waals surface area contributed by atoms with E-state index in [0.717, 1.165) is 19.4 Å². The zero-order valence-electron chi connectivity index (χ0n) is 10.0. The molecule has 0 bridgehead atoms. The summed E-state index contributed by atoms with van der Waals surface area (Å²) in [4.78, 5) is 16.3. The second-order valence-electron chi connectivity index (χ2n) is 3.99. The van der Waals surface area contributed by atoms with Gasteiger partial charge in [-0.3, -0.25) is 9.63 Å². The highest BCUT2D eigenvalue weighted by Crippen LogP contribution is 2.32. The maximum Gasteiger partial charge on any atom is 0.243 e. The standard InChI is InChI=1S/C11H21NO4/c1-3-15-10-6-9(7-10)8-11(13)12-16-5-4-14-2/h9-10H,3-8H2,1-2H3,(H,12,13). The van der Waals surface area contributed by atoms with Crippen LogP contribution in [-0.4, -0.2) is 38.9 Å². The monoisotopic (exact) mass is 231 g/mol. The van der Waals surface area contributed by atoms with E-state index in [0.29, 0.717) is 31.7 Å². The molecule has 1 rings (SSSR count). The number of rotatable bonds is 8. The van der Waals surface area contributed by atoms with Crippen LogP contribution in [0.1, 0.15) is 26.2 Å². The van der Waals surface area contributed by atoms with Crippen molar-refractivity contribution >= 4 is 5.91 Å². The summed E-state index contributed by atoms with van der Waals surface area (Å²) in [5.74, 6) is 0.388. The lowest BCUT2D eigenvalue weighted by Crippen LogP contribution is -2.36. The molecule has 16 heavy (non-hydrogen) atoms. The number of methoxy groups -OCH3 is 1. The van der Waals surface area contributed by atoms with Crippen molar-refractivity contribution in [2.75, 3.05) is 26.9 Å². The van der Waals surface area contributed by atoms with Gasteiger partial charge < -0.3 is 9.47 Å². The first-order valence-corrected chi connectivity index (χ1v) is 5.77. The number of carbonyl (C=O) groups is 1. The average molecular weight is 231 g/mol. The lowest BCUT2D eigenvalue weighted by Gasteiger charge is -2.34. The van der Waals surface area contributed by atoms with E-state index in [1.54, 1.807) is 7.11 Å². The van der Waals surface area contributed by atoms with Gasteiger partial charge in [0.15, 0.2) is 0 Å². The summed E-state index contributed by atoms with van der Waals surface area (Å²) < 4.78 is 10.2. The normalized spacial score (nSPS) is 23.9. The van der Waals surface area contributed by atoms with Crippen molar-refractivity contribution in [2.45, 2.75) is 32.3 Å². The third-order valence-electron chi connectivity index (χ3n) is 2.64. The largest absolute Gasteiger partial charge is 0.382 e. The average Bonchev–Trinajstić information content (AvgIpc) is 2.21. The topological polar surface area (TPSA) is 56.8 Å². The highest BCUT2D eigenvalue weighted by Gasteiger charge is 2.30. The van der Waals surface area contributed by atoms with Gasteiger partial charge in [0.25, 0.3) is 0 Å². The molecule has 5 heteroatoms. The number of hydrogen-bond donors (Lipinski definition) is 1. The predicted octanol–water partition coefficient (Wildman–Crippen LogP) is 0.886. The molecule has 1 N–H and O–H groups in total. The minimum absolute atomic E-state index is 0.0592. The summed E-state index contributed by atoms with van der Waals surface area (Å²) >= 11 is 0. The zero-order chi connectivity index (χ0) is 11.8. The highest BCUT2D eigenvalue weighted by molar-refractivity contribution is 5.75. The molecule has 0 heterocycles. The Morgan fingerprint density at radius 3 is 2.75 bits per heavy atom. The molecular weight excluding hydrogens is 210 g/mol. The van der Waals surface area contributed by atoms with Gasteiger partial charge in [-0.1, -0.05) is 0 Å². The molecule has 5 nitrogen and oxygen atoms in total. The Labute approximate surface area is 96.4 Å². The Bertz CT molecular complexity index is 204. The fraction of sp³-hybridized carbons (Fsp3) is 0.909. The molecule has 1 fully saturated rings. The van der Waals surface area contributed by atoms with Gasteiger partial charge >= 0.3 is 0 Å². The number of hydrogen-bond acceptors (Lipinski definition) is 4. The molecule has 1 aliphatic carbocycles. The maximum absolute atomic E-state index is 11.4. The molecule has 1 amide bonds. The van der Waals surface area contributed by atoms with Crippen LogP contribution in [0.2, 0.25) is 0 Å². The van der Waals surface area contributed by atoms with E-state index in [2.05, 4.69) is 5.48 Å². The van der Waals surface area contributed by atoms with Crippen LogP contribution < -0.4 is 5.48 Å². The molecule has 0 aromatic rings. The Hall–Kier alpha value is -0.650. The third-order valence-corrected chi connectivity index (χ3v) is 2.64. The van der Waals surface area contributed by atoms with Crippen molar-refractivity contribution in [3.63, 3.8) is 0 Å². The first-order valence-electron chi connectivity index (χ1n) is 5.77. The molecule has 0 aliphatic heterocycles. The summed E-state index contributed by atoms with van der Waals surface area (Å²) in [5, 5.41) is 0. The molecule has 94 valence electrons. The van der Waals surface area contributed by atoms with E-state index in [1.165, 1.54) is 0 Å². The summed E-state index contributed by atoms with van der Waals surface area (Å²) in [7, 11) is 1.59. The van der Waals surface area contributed by atoms with Gasteiger partial charge in [-0.2, -0.15) is 0 Å². The van der Waals surface area contributed by atoms with E-state index in [9.17, 15) is 4.79 Å². The van der Waals surface area contributed by atoms with Gasteiger partial charge in [-0.15, -0.1) is 0 Å². The second kappa shape index (κ2) is 7.60. The molecule has 0 saturated heterocycles. The van der Waals surface area contributed by atoms with Crippen LogP contribution in [0.15, 0.2) is 0 Å². The Kier molecular flexibility index (Phi) is 6.37. The van der Waals surface area contributed by atoms with Gasteiger partial charge in [0.2, 0.25) is 5.91 Å². The molecule has 0 aromatic carbocycles. The van der Waals surface area contributed by atoms with Crippen LogP contribution in [0.25, 0.3) is 0 Å². The van der Waals surface area contributed by atoms with Crippen molar-refractivity contribution in [1.82, 2.24) is 5.48 Å². The van der Waals surface area contributed by atoms with Crippen molar-refractivity contribution in [2.24, 2.45) is 5.92 Å². The van der Waals surface area contributed by atoms with Gasteiger partial charge in [0.05, 0.1) is 19.3 Å². The highest BCUT2D eigenvalue weighted by atomic mass is 16.7. The van der Waals surface area contributed by atoms with Crippen LogP contribution in [0.5, 0.6) is 0 Å². The third kappa shape index (κ3) is 4.92. The molecule has 0 atom stereocenters. The maximum atomic E-state index is 11.4. The fourth-order valence-corrected chi connectivity index (χ4v) is 1.77. The Morgan fingerprint density at radius 2 is 2.12 bits per heavy atom. The lowest BCUT2D eigenvalue weighted by atomic mass is 9.80. The summed E-state index contributed by atoms with van der Waals surface area (Å²) in [5.41, 5.74) is 2.40. The fourth-order valence-electron chi connectivity index (χ4n) is 1.77. The SMILES string of the molecule is CCOC1CC(CC(=O)NOCCOC)C1. The smallest absolute Gasteiger partial charge is 0.243 e. The Morgan fingerprint density at radius 1 is 1.38 bits per heavy atom. The van der Waals surface area contributed by atoms with Crippen molar-refractivity contribution < 1.29 is 19.1 Å². The number of ether oxygens (including phenoxy) is 2. The summed E-state index contributed by atoms with van der Waals surface area (Å²) in [6, 6.07) is 0. The van der Waals surface area contributed by atoms with E-state index >= 15 is 0 Å². The van der Waals surface area contributed by atoms with Gasteiger partial charge in [0.1, 0.15) is 0 Å². The van der Waals surface area contributed by atoms with E-state index in [-0.39, 0.29) is 5.91 Å². The van der Waals surface area contributed by atoms with Gasteiger partial charge in [0, 0.05) is 20.1 Å². The first kappa shape index (κ1) is 13.4. The van der Waals surface area contributed by atoms with Crippen LogP contribution in [0.3, 0.4) is 0 Å². The molecule has 1 saturated carbocycles. The first-order chi connectivity index (χ1) is 7.76. The molecular formula is C11H21NO4. The minimum atomic E-state index is -0.0592. The van der Waals surface area contributed by atoms with Crippen LogP contribution >= 0.6 is 0 Å². The number of nitrogens with one attached hydrogen (secondary N) is 1. The number of amides is 1. The predicted molar refractivity (Wildman–Crippen MR) is 58.7 cm³/mol. The quantitative estimate of drug-likeness (QED) is 0.498. The van der Waals surface area contributed by atoms with Crippen molar-refractivity contribution in [3.8, 4) is 0 Å². The second-order valence-corrected chi connectivity index (χ2v) is 3.99. The summed E-state index contributed by atoms with van der Waals surface area (Å²) in [6.07, 6.45) is 2.85. The van der Waals surface area contributed by atoms with Crippen LogP contribution in [0.4, 0.5) is 0 Å². The number of hydroxylamine groups is 1. The van der Waals surface area contributed by atoms with Crippen LogP contribution in [0, 0.1) is 5.92 Å². The minimum Gasteiger partial charge on any atom is -0.382 e. The summed E-state index contributed by atoms with van der Waals surface area (Å²) in [6.45, 7) is 3.61. The van der Waals surface area contributed by atoms with Gasteiger partial charge in [-0.05, 0) is 25.7 Å². The molecule has 1 aliphatic rings. The van der Waals surface area contributed by atoms with Gasteiger partial charge in [-0.25, -0.2) is 5.48 Å². The number of carbonyl (C=O) groups excluding carboxylic acids is 1. The van der Waals surface area contributed by atoms with Crippen molar-refractivity contribution in [1.29, 1.82) is 0 Å². The van der Waals surface area contributed by atoms with Crippen LogP contribution in [-0.2, 0) is 19.1 Å². The zero-order valence-corrected chi connectivity index (χ0v) is 10.0. The van der Waals surface area contributed by atoms with E-state index in [1.807, 2.05) is 6.92 Å². The van der Waals surface area contributed by atoms with Crippen molar-refractivity contribution in [3.05, 3.63) is 0 Å². The molecule has 0 aromatic heterocycles. The van der Waals surface area contributed by atoms with E-state index in [4.69, 9.17) is 14.3 Å².